The summed E-state index contributed by atoms with van der Waals surface area (Å²) in [5, 5.41) is 2.92. The summed E-state index contributed by atoms with van der Waals surface area (Å²) in [7, 11) is -3.64. The normalized spacial score (nSPS) is 19.5. The van der Waals surface area contributed by atoms with Gasteiger partial charge in [-0.25, -0.2) is 8.42 Å². The van der Waals surface area contributed by atoms with Gasteiger partial charge >= 0.3 is 0 Å². The zero-order valence-corrected chi connectivity index (χ0v) is 19.2. The van der Waals surface area contributed by atoms with Crippen molar-refractivity contribution in [2.75, 3.05) is 32.7 Å². The Morgan fingerprint density at radius 1 is 1.03 bits per heavy atom. The number of piperazine rings is 1. The van der Waals surface area contributed by atoms with Crippen LogP contribution in [0, 0.1) is 0 Å². The quantitative estimate of drug-likeness (QED) is 0.643. The van der Waals surface area contributed by atoms with Crippen LogP contribution in [0.3, 0.4) is 0 Å². The van der Waals surface area contributed by atoms with Crippen LogP contribution in [0.15, 0.2) is 64.5 Å². The van der Waals surface area contributed by atoms with Crippen LogP contribution in [0.5, 0.6) is 0 Å². The number of nitrogens with zero attached hydrogens (tertiary/aromatic N) is 3. The van der Waals surface area contributed by atoms with Gasteiger partial charge in [0.2, 0.25) is 11.8 Å². The number of amides is 2. The predicted molar refractivity (Wildman–Crippen MR) is 124 cm³/mol. The highest BCUT2D eigenvalue weighted by atomic mass is 32.2. The lowest BCUT2D eigenvalue weighted by molar-refractivity contribution is -0.134. The smallest absolute Gasteiger partial charge is 0.263 e. The number of fused-ring (bicyclic) bond motifs is 1. The average Bonchev–Trinajstić information content (AvgIpc) is 3.08. The van der Waals surface area contributed by atoms with E-state index in [4.69, 9.17) is 0 Å². The SMILES string of the molecule is C[C@H](N=C1NS(=O)(=O)c2ccccc21)C(=O)N1CCN(CC(=O)NCc2ccccc2)CC1. The lowest BCUT2D eigenvalue weighted by atomic mass is 10.2. The molecule has 2 aromatic rings. The highest BCUT2D eigenvalue weighted by molar-refractivity contribution is 7.90. The van der Waals surface area contributed by atoms with E-state index in [1.165, 1.54) is 6.07 Å². The fraction of sp³-hybridized carbons (Fsp3) is 0.348. The molecule has 2 aliphatic rings. The highest BCUT2D eigenvalue weighted by Gasteiger charge is 2.32. The molecule has 2 aromatic carbocycles. The Labute approximate surface area is 193 Å². The molecular formula is C23H27N5O4S. The van der Waals surface area contributed by atoms with Gasteiger partial charge in [0.05, 0.1) is 11.4 Å². The Morgan fingerprint density at radius 3 is 2.42 bits per heavy atom. The summed E-state index contributed by atoms with van der Waals surface area (Å²) in [6.45, 7) is 4.58. The Hall–Kier alpha value is -3.24. The number of amidine groups is 1. The van der Waals surface area contributed by atoms with Crippen LogP contribution >= 0.6 is 0 Å². The zero-order valence-electron chi connectivity index (χ0n) is 18.4. The molecule has 2 aliphatic heterocycles. The first-order chi connectivity index (χ1) is 15.8. The van der Waals surface area contributed by atoms with Crippen molar-refractivity contribution >= 4 is 27.7 Å². The van der Waals surface area contributed by atoms with E-state index < -0.39 is 16.1 Å². The van der Waals surface area contributed by atoms with E-state index in [0.717, 1.165) is 5.56 Å². The number of carbonyl (C=O) groups excluding carboxylic acids is 2. The summed E-state index contributed by atoms with van der Waals surface area (Å²) in [5.41, 5.74) is 1.52. The van der Waals surface area contributed by atoms with Crippen molar-refractivity contribution in [3.8, 4) is 0 Å². The first-order valence-electron chi connectivity index (χ1n) is 10.9. The van der Waals surface area contributed by atoms with Gasteiger partial charge < -0.3 is 10.2 Å². The van der Waals surface area contributed by atoms with Crippen LogP contribution < -0.4 is 10.0 Å². The Balaban J connectivity index is 1.28. The topological polar surface area (TPSA) is 111 Å². The van der Waals surface area contributed by atoms with E-state index in [1.54, 1.807) is 30.0 Å². The maximum atomic E-state index is 12.9. The minimum Gasteiger partial charge on any atom is -0.351 e. The molecule has 0 saturated carbocycles. The Kier molecular flexibility index (Phi) is 6.75. The third kappa shape index (κ3) is 5.40. The van der Waals surface area contributed by atoms with Gasteiger partial charge in [-0.3, -0.25) is 24.2 Å². The van der Waals surface area contributed by atoms with Crippen LogP contribution in [-0.4, -0.2) is 74.6 Å². The Morgan fingerprint density at radius 2 is 1.70 bits per heavy atom. The fourth-order valence-corrected chi connectivity index (χ4v) is 5.16. The number of sulfonamides is 1. The predicted octanol–water partition coefficient (Wildman–Crippen LogP) is 0.574. The molecule has 2 heterocycles. The maximum Gasteiger partial charge on any atom is 0.263 e. The van der Waals surface area contributed by atoms with Gasteiger partial charge in [0.1, 0.15) is 11.9 Å². The van der Waals surface area contributed by atoms with E-state index in [1.807, 2.05) is 35.2 Å². The molecule has 4 rings (SSSR count). The number of hydrogen-bond donors (Lipinski definition) is 2. The summed E-state index contributed by atoms with van der Waals surface area (Å²) in [4.78, 5) is 33.4. The van der Waals surface area contributed by atoms with Crippen molar-refractivity contribution in [2.45, 2.75) is 24.4 Å². The maximum absolute atomic E-state index is 12.9. The lowest BCUT2D eigenvalue weighted by Crippen LogP contribution is -2.52. The molecule has 33 heavy (non-hydrogen) atoms. The van der Waals surface area contributed by atoms with E-state index >= 15 is 0 Å². The molecule has 9 nitrogen and oxygen atoms in total. The molecule has 0 radical (unpaired) electrons. The molecular weight excluding hydrogens is 442 g/mol. The second-order valence-corrected chi connectivity index (χ2v) is 9.77. The minimum atomic E-state index is -3.64. The molecule has 0 bridgehead atoms. The molecule has 2 amide bonds. The van der Waals surface area contributed by atoms with Gasteiger partial charge in [0.15, 0.2) is 0 Å². The number of aliphatic imine (C=N–C) groups is 1. The van der Waals surface area contributed by atoms with Crippen molar-refractivity contribution in [3.05, 3.63) is 65.7 Å². The molecule has 1 fully saturated rings. The Bertz CT molecular complexity index is 1160. The van der Waals surface area contributed by atoms with Crippen molar-refractivity contribution in [1.82, 2.24) is 19.8 Å². The number of benzene rings is 2. The molecule has 0 unspecified atom stereocenters. The summed E-state index contributed by atoms with van der Waals surface area (Å²) in [5.74, 6) is -0.0231. The molecule has 0 spiro atoms. The van der Waals surface area contributed by atoms with Crippen LogP contribution in [0.2, 0.25) is 0 Å². The number of nitrogens with one attached hydrogen (secondary N) is 2. The molecule has 2 N–H and O–H groups in total. The summed E-state index contributed by atoms with van der Waals surface area (Å²) in [6, 6.07) is 15.6. The molecule has 1 saturated heterocycles. The highest BCUT2D eigenvalue weighted by Crippen LogP contribution is 2.22. The third-order valence-electron chi connectivity index (χ3n) is 5.73. The van der Waals surface area contributed by atoms with Crippen molar-refractivity contribution in [3.63, 3.8) is 0 Å². The summed E-state index contributed by atoms with van der Waals surface area (Å²) >= 11 is 0. The van der Waals surface area contributed by atoms with Crippen LogP contribution in [0.1, 0.15) is 18.1 Å². The van der Waals surface area contributed by atoms with Crippen molar-refractivity contribution in [2.24, 2.45) is 4.99 Å². The standard InChI is InChI=1S/C23H27N5O4S/c1-17(25-22-19-9-5-6-10-20(19)33(31,32)26-22)23(30)28-13-11-27(12-14-28)16-21(29)24-15-18-7-3-2-4-8-18/h2-10,17H,11-16H2,1H3,(H,24,29)(H,25,26)/t17-/m0/s1. The molecule has 174 valence electrons. The second-order valence-electron chi connectivity index (χ2n) is 8.12. The molecule has 0 aliphatic carbocycles. The van der Waals surface area contributed by atoms with Gasteiger partial charge in [0.25, 0.3) is 10.0 Å². The van der Waals surface area contributed by atoms with E-state index in [-0.39, 0.29) is 29.1 Å². The first-order valence-corrected chi connectivity index (χ1v) is 12.3. The molecule has 10 heteroatoms. The van der Waals surface area contributed by atoms with E-state index in [2.05, 4.69) is 15.0 Å². The van der Waals surface area contributed by atoms with Gasteiger partial charge in [-0.2, -0.15) is 0 Å². The van der Waals surface area contributed by atoms with Crippen LogP contribution in [0.25, 0.3) is 0 Å². The summed E-state index contributed by atoms with van der Waals surface area (Å²) < 4.78 is 26.9. The number of rotatable bonds is 6. The number of hydrogen-bond acceptors (Lipinski definition) is 6. The van der Waals surface area contributed by atoms with E-state index in [9.17, 15) is 18.0 Å². The summed E-state index contributed by atoms with van der Waals surface area (Å²) in [6.07, 6.45) is 0. The van der Waals surface area contributed by atoms with Crippen LogP contribution in [0.4, 0.5) is 0 Å². The monoisotopic (exact) mass is 469 g/mol. The number of carbonyl (C=O) groups is 2. The zero-order chi connectivity index (χ0) is 23.4. The van der Waals surface area contributed by atoms with Crippen LogP contribution in [-0.2, 0) is 26.2 Å². The van der Waals surface area contributed by atoms with Crippen molar-refractivity contribution < 1.29 is 18.0 Å². The third-order valence-corrected chi connectivity index (χ3v) is 7.12. The largest absolute Gasteiger partial charge is 0.351 e. The van der Waals surface area contributed by atoms with Gasteiger partial charge in [-0.05, 0) is 24.6 Å². The molecule has 1 atom stereocenters. The van der Waals surface area contributed by atoms with Gasteiger partial charge in [-0.15, -0.1) is 0 Å². The van der Waals surface area contributed by atoms with Crippen molar-refractivity contribution in [1.29, 1.82) is 0 Å². The second kappa shape index (κ2) is 9.72. The average molecular weight is 470 g/mol. The fourth-order valence-electron chi connectivity index (χ4n) is 3.92. The lowest BCUT2D eigenvalue weighted by Gasteiger charge is -2.35. The minimum absolute atomic E-state index is 0.0504. The van der Waals surface area contributed by atoms with E-state index in [0.29, 0.717) is 38.3 Å². The van der Waals surface area contributed by atoms with Gasteiger partial charge in [-0.1, -0.05) is 42.5 Å². The van der Waals surface area contributed by atoms with Gasteiger partial charge in [0, 0.05) is 38.3 Å². The first kappa shape index (κ1) is 22.9. The molecule has 0 aromatic heterocycles.